The zero-order valence-electron chi connectivity index (χ0n) is 13.7. The van der Waals surface area contributed by atoms with Gasteiger partial charge < -0.3 is 4.90 Å². The summed E-state index contributed by atoms with van der Waals surface area (Å²) in [7, 11) is 0. The largest absolute Gasteiger partial charge is 0.334 e. The summed E-state index contributed by atoms with van der Waals surface area (Å²) in [4.78, 5) is 14.8. The summed E-state index contributed by atoms with van der Waals surface area (Å²) >= 11 is 5.88. The van der Waals surface area contributed by atoms with Crippen molar-refractivity contribution in [3.63, 3.8) is 0 Å². The molecule has 124 valence electrons. The average Bonchev–Trinajstić information content (AvgIpc) is 2.63. The van der Waals surface area contributed by atoms with Gasteiger partial charge >= 0.3 is 0 Å². The van der Waals surface area contributed by atoms with Gasteiger partial charge in [-0.3, -0.25) is 4.79 Å². The van der Waals surface area contributed by atoms with Crippen LogP contribution in [0.25, 0.3) is 6.08 Å². The SMILES string of the molecule is C=Cc1ccc(CN2C[C@@H](CCCCl)c3ccccc3C2=O)cc1. The van der Waals surface area contributed by atoms with E-state index >= 15 is 0 Å². The van der Waals surface area contributed by atoms with Gasteiger partial charge in [0.2, 0.25) is 0 Å². The van der Waals surface area contributed by atoms with E-state index in [2.05, 4.69) is 24.8 Å². The first-order valence-electron chi connectivity index (χ1n) is 8.38. The van der Waals surface area contributed by atoms with Crippen molar-refractivity contribution in [1.82, 2.24) is 4.90 Å². The van der Waals surface area contributed by atoms with Crippen molar-refractivity contribution in [3.8, 4) is 0 Å². The van der Waals surface area contributed by atoms with Gasteiger partial charge in [-0.1, -0.05) is 55.1 Å². The number of hydrogen-bond donors (Lipinski definition) is 0. The van der Waals surface area contributed by atoms with E-state index in [1.54, 1.807) is 0 Å². The Kier molecular flexibility index (Phi) is 5.37. The maximum absolute atomic E-state index is 12.8. The Balaban J connectivity index is 1.83. The van der Waals surface area contributed by atoms with Gasteiger partial charge in [-0.05, 0) is 35.6 Å². The minimum absolute atomic E-state index is 0.125. The minimum Gasteiger partial charge on any atom is -0.334 e. The van der Waals surface area contributed by atoms with Crippen LogP contribution >= 0.6 is 11.6 Å². The van der Waals surface area contributed by atoms with Crippen LogP contribution in [0.1, 0.15) is 45.8 Å². The Morgan fingerprint density at radius 1 is 1.17 bits per heavy atom. The van der Waals surface area contributed by atoms with Crippen molar-refractivity contribution < 1.29 is 4.79 Å². The highest BCUT2D eigenvalue weighted by atomic mass is 35.5. The molecule has 3 heteroatoms. The summed E-state index contributed by atoms with van der Waals surface area (Å²) in [6.07, 6.45) is 3.81. The summed E-state index contributed by atoms with van der Waals surface area (Å²) < 4.78 is 0. The van der Waals surface area contributed by atoms with E-state index in [0.29, 0.717) is 18.3 Å². The molecule has 2 aromatic rings. The van der Waals surface area contributed by atoms with Crippen molar-refractivity contribution in [1.29, 1.82) is 0 Å². The fraction of sp³-hybridized carbons (Fsp3) is 0.286. The smallest absolute Gasteiger partial charge is 0.254 e. The fourth-order valence-electron chi connectivity index (χ4n) is 3.35. The molecule has 0 saturated carbocycles. The Labute approximate surface area is 148 Å². The van der Waals surface area contributed by atoms with E-state index < -0.39 is 0 Å². The Morgan fingerprint density at radius 2 is 1.92 bits per heavy atom. The average molecular weight is 340 g/mol. The van der Waals surface area contributed by atoms with Gasteiger partial charge in [-0.15, -0.1) is 11.6 Å². The second-order valence-electron chi connectivity index (χ2n) is 6.25. The molecule has 1 atom stereocenters. The quantitative estimate of drug-likeness (QED) is 0.671. The van der Waals surface area contributed by atoms with Gasteiger partial charge in [-0.2, -0.15) is 0 Å². The molecule has 2 nitrogen and oxygen atoms in total. The number of rotatable bonds is 6. The third-order valence-electron chi connectivity index (χ3n) is 4.63. The first kappa shape index (κ1) is 16.8. The van der Waals surface area contributed by atoms with Crippen LogP contribution in [-0.4, -0.2) is 23.2 Å². The summed E-state index contributed by atoms with van der Waals surface area (Å²) in [5.74, 6) is 1.15. The highest BCUT2D eigenvalue weighted by Gasteiger charge is 2.30. The Bertz CT molecular complexity index is 723. The number of benzene rings is 2. The van der Waals surface area contributed by atoms with Crippen LogP contribution < -0.4 is 0 Å². The number of carbonyl (C=O) groups excluding carboxylic acids is 1. The molecule has 0 aliphatic carbocycles. The number of nitrogens with zero attached hydrogens (tertiary/aromatic N) is 1. The fourth-order valence-corrected chi connectivity index (χ4v) is 3.51. The molecule has 3 rings (SSSR count). The van der Waals surface area contributed by atoms with E-state index in [4.69, 9.17) is 11.6 Å². The summed E-state index contributed by atoms with van der Waals surface area (Å²) in [6.45, 7) is 5.18. The molecule has 1 aliphatic heterocycles. The lowest BCUT2D eigenvalue weighted by atomic mass is 9.86. The molecule has 1 heterocycles. The van der Waals surface area contributed by atoms with E-state index in [1.807, 2.05) is 41.3 Å². The Hall–Kier alpha value is -2.06. The van der Waals surface area contributed by atoms with Crippen LogP contribution in [0, 0.1) is 0 Å². The molecule has 0 spiro atoms. The van der Waals surface area contributed by atoms with Gasteiger partial charge in [0, 0.05) is 30.5 Å². The monoisotopic (exact) mass is 339 g/mol. The number of carbonyl (C=O) groups is 1. The second kappa shape index (κ2) is 7.67. The van der Waals surface area contributed by atoms with E-state index in [-0.39, 0.29) is 5.91 Å². The molecule has 1 amide bonds. The predicted octanol–water partition coefficient (Wildman–Crippen LogP) is 5.09. The lowest BCUT2D eigenvalue weighted by molar-refractivity contribution is 0.0704. The van der Waals surface area contributed by atoms with Crippen LogP contribution in [0.2, 0.25) is 0 Å². The number of amides is 1. The molecule has 2 aromatic carbocycles. The molecule has 1 aliphatic rings. The number of halogens is 1. The zero-order chi connectivity index (χ0) is 16.9. The second-order valence-corrected chi connectivity index (χ2v) is 6.62. The maximum Gasteiger partial charge on any atom is 0.254 e. The van der Waals surface area contributed by atoms with Gasteiger partial charge in [0.15, 0.2) is 0 Å². The summed E-state index contributed by atoms with van der Waals surface area (Å²) in [5, 5.41) is 0. The standard InChI is InChI=1S/C21H22ClNO/c1-2-16-9-11-17(12-10-16)14-23-15-18(6-5-13-22)19-7-3-4-8-20(19)21(23)24/h2-4,7-12,18H,1,5-6,13-15H2/t18-/m1/s1. The summed E-state index contributed by atoms with van der Waals surface area (Å²) in [5.41, 5.74) is 4.25. The molecular weight excluding hydrogens is 318 g/mol. The first-order chi connectivity index (χ1) is 11.7. The number of alkyl halides is 1. The van der Waals surface area contributed by atoms with Crippen LogP contribution in [0.15, 0.2) is 55.1 Å². The molecule has 0 fully saturated rings. The molecule has 0 N–H and O–H groups in total. The number of hydrogen-bond acceptors (Lipinski definition) is 1. The number of fused-ring (bicyclic) bond motifs is 1. The highest BCUT2D eigenvalue weighted by Crippen LogP contribution is 2.32. The van der Waals surface area contributed by atoms with Crippen LogP contribution in [-0.2, 0) is 6.54 Å². The van der Waals surface area contributed by atoms with Crippen molar-refractivity contribution in [2.45, 2.75) is 25.3 Å². The van der Waals surface area contributed by atoms with Crippen LogP contribution in [0.3, 0.4) is 0 Å². The van der Waals surface area contributed by atoms with Gasteiger partial charge in [-0.25, -0.2) is 0 Å². The molecule has 0 radical (unpaired) electrons. The van der Waals surface area contributed by atoms with Crippen molar-refractivity contribution in [2.75, 3.05) is 12.4 Å². The topological polar surface area (TPSA) is 20.3 Å². The first-order valence-corrected chi connectivity index (χ1v) is 8.92. The lowest BCUT2D eigenvalue weighted by Gasteiger charge is -2.34. The third kappa shape index (κ3) is 3.54. The lowest BCUT2D eigenvalue weighted by Crippen LogP contribution is -2.39. The van der Waals surface area contributed by atoms with Crippen LogP contribution in [0.5, 0.6) is 0 Å². The van der Waals surface area contributed by atoms with Crippen molar-refractivity contribution in [2.24, 2.45) is 0 Å². The molecule has 0 bridgehead atoms. The van der Waals surface area contributed by atoms with Crippen LogP contribution in [0.4, 0.5) is 0 Å². The maximum atomic E-state index is 12.8. The molecule has 0 saturated heterocycles. The van der Waals surface area contributed by atoms with Gasteiger partial charge in [0.25, 0.3) is 5.91 Å². The minimum atomic E-state index is 0.125. The molecular formula is C21H22ClNO. The van der Waals surface area contributed by atoms with Gasteiger partial charge in [0.05, 0.1) is 0 Å². The van der Waals surface area contributed by atoms with Crippen molar-refractivity contribution in [3.05, 3.63) is 77.4 Å². The van der Waals surface area contributed by atoms with Gasteiger partial charge in [0.1, 0.15) is 0 Å². The third-order valence-corrected chi connectivity index (χ3v) is 4.90. The van der Waals surface area contributed by atoms with E-state index in [0.717, 1.165) is 36.1 Å². The molecule has 0 aromatic heterocycles. The van der Waals surface area contributed by atoms with Crippen molar-refractivity contribution >= 4 is 23.6 Å². The van der Waals surface area contributed by atoms with E-state index in [1.165, 1.54) is 5.56 Å². The van der Waals surface area contributed by atoms with E-state index in [9.17, 15) is 4.79 Å². The molecule has 0 unspecified atom stereocenters. The predicted molar refractivity (Wildman–Crippen MR) is 100 cm³/mol. The Morgan fingerprint density at radius 3 is 2.62 bits per heavy atom. The summed E-state index contributed by atoms with van der Waals surface area (Å²) in [6, 6.07) is 16.2. The zero-order valence-corrected chi connectivity index (χ0v) is 14.5. The molecule has 24 heavy (non-hydrogen) atoms. The normalized spacial score (nSPS) is 16.8. The highest BCUT2D eigenvalue weighted by molar-refractivity contribution is 6.17.